The highest BCUT2D eigenvalue weighted by molar-refractivity contribution is 7.20. The third-order valence-corrected chi connectivity index (χ3v) is 3.52. The van der Waals surface area contributed by atoms with Gasteiger partial charge in [-0.05, 0) is 12.0 Å². The molecule has 0 unspecified atom stereocenters. The van der Waals surface area contributed by atoms with Crippen molar-refractivity contribution in [3.05, 3.63) is 28.6 Å². The van der Waals surface area contributed by atoms with E-state index in [9.17, 15) is 0 Å². The van der Waals surface area contributed by atoms with Crippen molar-refractivity contribution in [3.63, 3.8) is 0 Å². The predicted octanol–water partition coefficient (Wildman–Crippen LogP) is 2.92. The Hall–Kier alpha value is -1.53. The summed E-state index contributed by atoms with van der Waals surface area (Å²) in [6.07, 6.45) is 0.974. The number of rotatable bonds is 1. The molecule has 2 aromatic rings. The van der Waals surface area contributed by atoms with Crippen LogP contribution < -0.4 is 5.73 Å². The Kier molecular flexibility index (Phi) is 2.14. The number of thiophene rings is 1. The first-order valence-corrected chi connectivity index (χ1v) is 5.29. The van der Waals surface area contributed by atoms with Gasteiger partial charge in [0.15, 0.2) is 0 Å². The van der Waals surface area contributed by atoms with Gasteiger partial charge in [0.05, 0.1) is 5.69 Å². The maximum absolute atomic E-state index is 8.86. The number of nitriles is 1. The van der Waals surface area contributed by atoms with E-state index in [0.29, 0.717) is 10.6 Å². The van der Waals surface area contributed by atoms with Crippen molar-refractivity contribution in [2.75, 3.05) is 5.73 Å². The molecule has 1 heterocycles. The molecule has 1 aromatic carbocycles. The molecule has 0 aliphatic rings. The number of anilines is 1. The minimum absolute atomic E-state index is 0.626. The second kappa shape index (κ2) is 3.32. The summed E-state index contributed by atoms with van der Waals surface area (Å²) in [5, 5.41) is 9.88. The Morgan fingerprint density at radius 2 is 2.29 bits per heavy atom. The molecule has 0 saturated heterocycles. The van der Waals surface area contributed by atoms with E-state index in [2.05, 4.69) is 19.1 Å². The first kappa shape index (κ1) is 9.04. The maximum atomic E-state index is 8.86. The standard InChI is InChI=1S/C11H10N2S/c1-2-7-4-3-5-8-10(13)9(6-12)14-11(7)8/h3-5H,2,13H2,1H3. The van der Waals surface area contributed by atoms with Gasteiger partial charge in [-0.3, -0.25) is 0 Å². The van der Waals surface area contributed by atoms with Crippen LogP contribution in [0.15, 0.2) is 18.2 Å². The molecule has 0 bridgehead atoms. The first-order valence-electron chi connectivity index (χ1n) is 4.48. The van der Waals surface area contributed by atoms with Gasteiger partial charge in [-0.25, -0.2) is 0 Å². The third kappa shape index (κ3) is 1.16. The van der Waals surface area contributed by atoms with Crippen LogP contribution in [0.5, 0.6) is 0 Å². The number of nitrogens with two attached hydrogens (primary N) is 1. The van der Waals surface area contributed by atoms with Gasteiger partial charge >= 0.3 is 0 Å². The summed E-state index contributed by atoms with van der Waals surface area (Å²) in [6.45, 7) is 2.11. The molecular weight excluding hydrogens is 192 g/mol. The van der Waals surface area contributed by atoms with E-state index in [1.807, 2.05) is 12.1 Å². The van der Waals surface area contributed by atoms with E-state index in [4.69, 9.17) is 11.0 Å². The molecule has 14 heavy (non-hydrogen) atoms. The minimum atomic E-state index is 0.626. The lowest BCUT2D eigenvalue weighted by Crippen LogP contribution is -1.85. The van der Waals surface area contributed by atoms with Crippen LogP contribution in [0.3, 0.4) is 0 Å². The van der Waals surface area contributed by atoms with E-state index in [1.54, 1.807) is 0 Å². The van der Waals surface area contributed by atoms with Crippen LogP contribution >= 0.6 is 11.3 Å². The predicted molar refractivity (Wildman–Crippen MR) is 60.3 cm³/mol. The van der Waals surface area contributed by atoms with Gasteiger partial charge in [0.25, 0.3) is 0 Å². The SMILES string of the molecule is CCc1cccc2c(N)c(C#N)sc12. The van der Waals surface area contributed by atoms with Gasteiger partial charge in [0.2, 0.25) is 0 Å². The Bertz CT molecular complexity index is 520. The number of nitrogen functional groups attached to an aromatic ring is 1. The molecule has 0 spiro atoms. The van der Waals surface area contributed by atoms with Crippen LogP contribution in [0.4, 0.5) is 5.69 Å². The first-order chi connectivity index (χ1) is 6.77. The summed E-state index contributed by atoms with van der Waals surface area (Å²) < 4.78 is 1.16. The normalized spacial score (nSPS) is 10.3. The van der Waals surface area contributed by atoms with E-state index in [-0.39, 0.29) is 0 Å². The summed E-state index contributed by atoms with van der Waals surface area (Å²) in [5.41, 5.74) is 7.75. The van der Waals surface area contributed by atoms with Crippen LogP contribution in [-0.2, 0) is 6.42 Å². The van der Waals surface area contributed by atoms with Gasteiger partial charge in [-0.1, -0.05) is 25.1 Å². The van der Waals surface area contributed by atoms with E-state index >= 15 is 0 Å². The van der Waals surface area contributed by atoms with Crippen molar-refractivity contribution in [2.24, 2.45) is 0 Å². The second-order valence-corrected chi connectivity index (χ2v) is 4.12. The highest BCUT2D eigenvalue weighted by Crippen LogP contribution is 2.35. The molecule has 0 aliphatic heterocycles. The van der Waals surface area contributed by atoms with Crippen LogP contribution in [0.25, 0.3) is 10.1 Å². The number of aryl methyl sites for hydroxylation is 1. The Balaban J connectivity index is 2.85. The molecule has 0 radical (unpaired) electrons. The molecule has 0 fully saturated rings. The topological polar surface area (TPSA) is 49.8 Å². The summed E-state index contributed by atoms with van der Waals surface area (Å²) in [4.78, 5) is 0.626. The number of hydrogen-bond acceptors (Lipinski definition) is 3. The average molecular weight is 202 g/mol. The molecular formula is C11H10N2S. The molecule has 0 amide bonds. The smallest absolute Gasteiger partial charge is 0.129 e. The van der Waals surface area contributed by atoms with Gasteiger partial charge in [0, 0.05) is 10.1 Å². The molecule has 1 aromatic heterocycles. The van der Waals surface area contributed by atoms with Gasteiger partial charge in [-0.2, -0.15) is 5.26 Å². The zero-order chi connectivity index (χ0) is 10.1. The molecule has 3 heteroatoms. The highest BCUT2D eigenvalue weighted by atomic mass is 32.1. The minimum Gasteiger partial charge on any atom is -0.396 e. The van der Waals surface area contributed by atoms with Crippen molar-refractivity contribution >= 4 is 27.1 Å². The lowest BCUT2D eigenvalue weighted by atomic mass is 10.1. The number of benzene rings is 1. The number of fused-ring (bicyclic) bond motifs is 1. The fourth-order valence-electron chi connectivity index (χ4n) is 1.56. The maximum Gasteiger partial charge on any atom is 0.129 e. The number of hydrogen-bond donors (Lipinski definition) is 1. The lowest BCUT2D eigenvalue weighted by molar-refractivity contribution is 1.16. The summed E-state index contributed by atoms with van der Waals surface area (Å²) in [7, 11) is 0. The van der Waals surface area contributed by atoms with Crippen molar-refractivity contribution < 1.29 is 0 Å². The molecule has 70 valence electrons. The van der Waals surface area contributed by atoms with Crippen molar-refractivity contribution in [3.8, 4) is 6.07 Å². The van der Waals surface area contributed by atoms with Gasteiger partial charge in [0.1, 0.15) is 10.9 Å². The van der Waals surface area contributed by atoms with Crippen LogP contribution in [0.1, 0.15) is 17.4 Å². The van der Waals surface area contributed by atoms with Gasteiger partial charge in [-0.15, -0.1) is 11.3 Å². The quantitative estimate of drug-likeness (QED) is 0.773. The zero-order valence-electron chi connectivity index (χ0n) is 7.87. The van der Waals surface area contributed by atoms with E-state index in [0.717, 1.165) is 16.5 Å². The molecule has 2 N–H and O–H groups in total. The fourth-order valence-corrected chi connectivity index (χ4v) is 2.66. The van der Waals surface area contributed by atoms with E-state index < -0.39 is 0 Å². The Labute approximate surface area is 86.6 Å². The molecule has 0 saturated carbocycles. The van der Waals surface area contributed by atoms with Crippen molar-refractivity contribution in [2.45, 2.75) is 13.3 Å². The van der Waals surface area contributed by atoms with Gasteiger partial charge < -0.3 is 5.73 Å². The Morgan fingerprint density at radius 1 is 1.50 bits per heavy atom. The lowest BCUT2D eigenvalue weighted by Gasteiger charge is -1.97. The average Bonchev–Trinajstić information content (AvgIpc) is 2.55. The molecule has 0 atom stereocenters. The summed E-state index contributed by atoms with van der Waals surface area (Å²) in [5.74, 6) is 0. The third-order valence-electron chi connectivity index (χ3n) is 2.32. The summed E-state index contributed by atoms with van der Waals surface area (Å²) >= 11 is 1.49. The molecule has 0 aliphatic carbocycles. The monoisotopic (exact) mass is 202 g/mol. The van der Waals surface area contributed by atoms with Crippen LogP contribution in [-0.4, -0.2) is 0 Å². The van der Waals surface area contributed by atoms with E-state index in [1.165, 1.54) is 16.9 Å². The number of nitrogens with zero attached hydrogens (tertiary/aromatic N) is 1. The second-order valence-electron chi connectivity index (χ2n) is 3.10. The van der Waals surface area contributed by atoms with Crippen molar-refractivity contribution in [1.82, 2.24) is 0 Å². The van der Waals surface area contributed by atoms with Crippen LogP contribution in [0, 0.1) is 11.3 Å². The highest BCUT2D eigenvalue weighted by Gasteiger charge is 2.10. The van der Waals surface area contributed by atoms with Crippen molar-refractivity contribution in [1.29, 1.82) is 5.26 Å². The molecule has 2 rings (SSSR count). The Morgan fingerprint density at radius 3 is 2.93 bits per heavy atom. The molecule has 2 nitrogen and oxygen atoms in total. The summed E-state index contributed by atoms with van der Waals surface area (Å²) in [6, 6.07) is 8.18. The largest absolute Gasteiger partial charge is 0.396 e. The zero-order valence-corrected chi connectivity index (χ0v) is 8.69. The fraction of sp³-hybridized carbons (Fsp3) is 0.182. The van der Waals surface area contributed by atoms with Crippen LogP contribution in [0.2, 0.25) is 0 Å².